The highest BCUT2D eigenvalue weighted by atomic mass is 16.4. The third kappa shape index (κ3) is 4.10. The topological polar surface area (TPSA) is 58.7 Å². The van der Waals surface area contributed by atoms with Crippen LogP contribution in [-0.4, -0.2) is 46.5 Å². The summed E-state index contributed by atoms with van der Waals surface area (Å²) in [7, 11) is 0. The molecule has 6 nitrogen and oxygen atoms in total. The molecule has 1 atom stereocenters. The lowest BCUT2D eigenvalue weighted by Gasteiger charge is -2.40. The fourth-order valence-corrected chi connectivity index (χ4v) is 4.81. The maximum Gasteiger partial charge on any atom is 0.420 e. The summed E-state index contributed by atoms with van der Waals surface area (Å²) in [5.74, 6) is -0.553. The van der Waals surface area contributed by atoms with Crippen LogP contribution in [0, 0.1) is 0 Å². The lowest BCUT2D eigenvalue weighted by molar-refractivity contribution is -0.136. The lowest BCUT2D eigenvalue weighted by atomic mass is 9.96. The van der Waals surface area contributed by atoms with E-state index in [4.69, 9.17) is 4.42 Å². The Balaban J connectivity index is 1.34. The molecule has 4 aromatic rings. The van der Waals surface area contributed by atoms with Crippen molar-refractivity contribution in [2.45, 2.75) is 19.0 Å². The Kier molecular flexibility index (Phi) is 5.84. The normalized spacial score (nSPS) is 15.8. The highest BCUT2D eigenvalue weighted by Gasteiger charge is 2.31. The van der Waals surface area contributed by atoms with Gasteiger partial charge in [-0.2, -0.15) is 0 Å². The van der Waals surface area contributed by atoms with E-state index in [0.29, 0.717) is 24.2 Å². The van der Waals surface area contributed by atoms with E-state index in [1.54, 1.807) is 13.0 Å². The van der Waals surface area contributed by atoms with Crippen LogP contribution in [0.15, 0.2) is 94.1 Å². The largest absolute Gasteiger partial charge is 0.420 e. The summed E-state index contributed by atoms with van der Waals surface area (Å²) in [4.78, 5) is 30.0. The van der Waals surface area contributed by atoms with Crippen molar-refractivity contribution in [1.82, 2.24) is 14.4 Å². The minimum Gasteiger partial charge on any atom is -0.408 e. The Bertz CT molecular complexity index is 1250. The number of fused-ring (bicyclic) bond motifs is 1. The molecule has 0 N–H and O–H groups in total. The van der Waals surface area contributed by atoms with Crippen molar-refractivity contribution in [3.05, 3.63) is 107 Å². The Morgan fingerprint density at radius 3 is 1.94 bits per heavy atom. The number of rotatable bonds is 5. The second kappa shape index (κ2) is 9.08. The number of hydrogen-bond donors (Lipinski definition) is 0. The Hall–Kier alpha value is -3.64. The quantitative estimate of drug-likeness (QED) is 0.468. The van der Waals surface area contributed by atoms with Crippen LogP contribution in [0.3, 0.4) is 0 Å². The Morgan fingerprint density at radius 2 is 1.33 bits per heavy atom. The number of piperazine rings is 1. The zero-order chi connectivity index (χ0) is 22.8. The predicted octanol–water partition coefficient (Wildman–Crippen LogP) is 4.09. The van der Waals surface area contributed by atoms with Gasteiger partial charge in [0, 0.05) is 26.2 Å². The zero-order valence-corrected chi connectivity index (χ0v) is 18.6. The molecule has 1 aliphatic heterocycles. The van der Waals surface area contributed by atoms with Gasteiger partial charge in [-0.25, -0.2) is 4.79 Å². The SMILES string of the molecule is CC(C(=O)N1CCN(C(c2ccccc2)c2ccccc2)CC1)n1c(=O)oc2ccccc21. The molecule has 0 spiro atoms. The number of oxazole rings is 1. The van der Waals surface area contributed by atoms with Gasteiger partial charge in [0.2, 0.25) is 5.91 Å². The number of para-hydroxylation sites is 2. The van der Waals surface area contributed by atoms with Gasteiger partial charge in [0.25, 0.3) is 0 Å². The molecule has 1 saturated heterocycles. The summed E-state index contributed by atoms with van der Waals surface area (Å²) in [6, 6.07) is 27.7. The second-order valence-electron chi connectivity index (χ2n) is 8.47. The number of carbonyl (C=O) groups is 1. The Morgan fingerprint density at radius 1 is 0.788 bits per heavy atom. The van der Waals surface area contributed by atoms with E-state index in [-0.39, 0.29) is 11.9 Å². The van der Waals surface area contributed by atoms with Crippen molar-refractivity contribution in [3.8, 4) is 0 Å². The summed E-state index contributed by atoms with van der Waals surface area (Å²) < 4.78 is 6.79. The zero-order valence-electron chi connectivity index (χ0n) is 18.6. The fourth-order valence-electron chi connectivity index (χ4n) is 4.81. The summed E-state index contributed by atoms with van der Waals surface area (Å²) in [5.41, 5.74) is 3.64. The first kappa shape index (κ1) is 21.2. The molecular weight excluding hydrogens is 414 g/mol. The van der Waals surface area contributed by atoms with Crippen LogP contribution in [0.4, 0.5) is 0 Å². The molecule has 0 bridgehead atoms. The molecule has 3 aromatic carbocycles. The molecule has 0 aliphatic carbocycles. The van der Waals surface area contributed by atoms with Gasteiger partial charge in [-0.3, -0.25) is 14.3 Å². The molecule has 2 heterocycles. The first-order valence-corrected chi connectivity index (χ1v) is 11.4. The molecule has 0 radical (unpaired) electrons. The number of hydrogen-bond acceptors (Lipinski definition) is 4. The molecule has 1 aromatic heterocycles. The second-order valence-corrected chi connectivity index (χ2v) is 8.47. The van der Waals surface area contributed by atoms with Crippen LogP contribution in [-0.2, 0) is 4.79 Å². The highest BCUT2D eigenvalue weighted by molar-refractivity contribution is 5.83. The molecule has 1 amide bonds. The molecule has 6 heteroatoms. The fraction of sp³-hybridized carbons (Fsp3) is 0.259. The molecule has 1 fully saturated rings. The number of aromatic nitrogens is 1. The smallest absolute Gasteiger partial charge is 0.408 e. The monoisotopic (exact) mass is 441 g/mol. The van der Waals surface area contributed by atoms with Gasteiger partial charge in [0.15, 0.2) is 5.58 Å². The summed E-state index contributed by atoms with van der Waals surface area (Å²) >= 11 is 0. The summed E-state index contributed by atoms with van der Waals surface area (Å²) in [5, 5.41) is 0. The van der Waals surface area contributed by atoms with Gasteiger partial charge in [-0.15, -0.1) is 0 Å². The van der Waals surface area contributed by atoms with Gasteiger partial charge in [-0.1, -0.05) is 72.8 Å². The van der Waals surface area contributed by atoms with Gasteiger partial charge in [0.1, 0.15) is 6.04 Å². The number of amides is 1. The minimum atomic E-state index is -0.619. The summed E-state index contributed by atoms with van der Waals surface area (Å²) in [6.07, 6.45) is 0. The minimum absolute atomic E-state index is 0.0562. The van der Waals surface area contributed by atoms with Crippen molar-refractivity contribution in [2.24, 2.45) is 0 Å². The van der Waals surface area contributed by atoms with Crippen molar-refractivity contribution in [1.29, 1.82) is 0 Å². The first-order chi connectivity index (χ1) is 16.1. The van der Waals surface area contributed by atoms with Gasteiger partial charge < -0.3 is 9.32 Å². The maximum absolute atomic E-state index is 13.3. The third-order valence-electron chi connectivity index (χ3n) is 6.49. The first-order valence-electron chi connectivity index (χ1n) is 11.4. The molecule has 5 rings (SSSR count). The number of nitrogens with zero attached hydrogens (tertiary/aromatic N) is 3. The lowest BCUT2D eigenvalue weighted by Crippen LogP contribution is -2.51. The average Bonchev–Trinajstić information content (AvgIpc) is 3.21. The maximum atomic E-state index is 13.3. The van der Waals surface area contributed by atoms with E-state index in [1.165, 1.54) is 15.7 Å². The van der Waals surface area contributed by atoms with E-state index in [2.05, 4.69) is 53.4 Å². The van der Waals surface area contributed by atoms with Gasteiger partial charge in [0.05, 0.1) is 11.6 Å². The van der Waals surface area contributed by atoms with Crippen LogP contribution in [0.2, 0.25) is 0 Å². The molecule has 1 unspecified atom stereocenters. The average molecular weight is 442 g/mol. The molecule has 0 saturated carbocycles. The molecule has 1 aliphatic rings. The van der Waals surface area contributed by atoms with Crippen LogP contribution in [0.1, 0.15) is 30.1 Å². The van der Waals surface area contributed by atoms with Crippen LogP contribution in [0.5, 0.6) is 0 Å². The van der Waals surface area contributed by atoms with E-state index in [1.807, 2.05) is 35.2 Å². The van der Waals surface area contributed by atoms with E-state index in [0.717, 1.165) is 13.1 Å². The van der Waals surface area contributed by atoms with Crippen LogP contribution >= 0.6 is 0 Å². The van der Waals surface area contributed by atoms with Crippen molar-refractivity contribution in [2.75, 3.05) is 26.2 Å². The summed E-state index contributed by atoms with van der Waals surface area (Å²) in [6.45, 7) is 4.52. The number of carbonyl (C=O) groups excluding carboxylic acids is 1. The van der Waals surface area contributed by atoms with E-state index in [9.17, 15) is 9.59 Å². The van der Waals surface area contributed by atoms with E-state index < -0.39 is 11.8 Å². The van der Waals surface area contributed by atoms with Crippen molar-refractivity contribution in [3.63, 3.8) is 0 Å². The molecular formula is C27H27N3O3. The van der Waals surface area contributed by atoms with Gasteiger partial charge >= 0.3 is 5.76 Å². The third-order valence-corrected chi connectivity index (χ3v) is 6.49. The highest BCUT2D eigenvalue weighted by Crippen LogP contribution is 2.30. The predicted molar refractivity (Wildman–Crippen MR) is 128 cm³/mol. The standard InChI is InChI=1S/C27H27N3O3/c1-20(30-23-14-8-9-15-24(23)33-27(30)32)26(31)29-18-16-28(17-19-29)25(21-10-4-2-5-11-21)22-12-6-3-7-13-22/h2-15,20,25H,16-19H2,1H3. The number of benzene rings is 3. The van der Waals surface area contributed by atoms with Crippen molar-refractivity contribution >= 4 is 17.0 Å². The van der Waals surface area contributed by atoms with Crippen LogP contribution < -0.4 is 5.76 Å². The van der Waals surface area contributed by atoms with Gasteiger partial charge in [-0.05, 0) is 30.2 Å². The van der Waals surface area contributed by atoms with Crippen molar-refractivity contribution < 1.29 is 9.21 Å². The molecule has 33 heavy (non-hydrogen) atoms. The van der Waals surface area contributed by atoms with E-state index >= 15 is 0 Å². The Labute approximate surface area is 192 Å². The van der Waals surface area contributed by atoms with Crippen LogP contribution in [0.25, 0.3) is 11.1 Å². The molecule has 168 valence electrons.